The Morgan fingerprint density at radius 3 is 2.79 bits per heavy atom. The first-order chi connectivity index (χ1) is 9.13. The van der Waals surface area contributed by atoms with Crippen LogP contribution in [0.5, 0.6) is 0 Å². The number of ether oxygens (including phenoxy) is 1. The van der Waals surface area contributed by atoms with Crippen LogP contribution >= 0.6 is 0 Å². The summed E-state index contributed by atoms with van der Waals surface area (Å²) in [5.74, 6) is 1.99. The van der Waals surface area contributed by atoms with Crippen LogP contribution in [0.25, 0.3) is 0 Å². The van der Waals surface area contributed by atoms with Crippen LogP contribution < -0.4 is 11.1 Å². The fraction of sp³-hybridized carbons (Fsp3) is 0.933. The van der Waals surface area contributed by atoms with Gasteiger partial charge in [-0.2, -0.15) is 0 Å². The molecule has 1 saturated heterocycles. The number of nitrogens with two attached hydrogens (primary N) is 1. The van der Waals surface area contributed by atoms with Gasteiger partial charge in [0, 0.05) is 26.2 Å². The molecule has 1 aliphatic heterocycles. The number of carbonyl (C=O) groups excluding carboxylic acids is 1. The average Bonchev–Trinajstić information content (AvgIpc) is 2.87. The molecule has 1 aliphatic rings. The summed E-state index contributed by atoms with van der Waals surface area (Å²) < 4.78 is 5.32. The van der Waals surface area contributed by atoms with E-state index in [1.807, 2.05) is 0 Å². The SMILES string of the molecule is CC(C)C(CCN)CCC(=O)NCCC1CCOC1. The van der Waals surface area contributed by atoms with Crippen molar-refractivity contribution in [3.05, 3.63) is 0 Å². The van der Waals surface area contributed by atoms with Crippen molar-refractivity contribution in [1.29, 1.82) is 0 Å². The molecule has 0 aliphatic carbocycles. The van der Waals surface area contributed by atoms with Crippen molar-refractivity contribution in [2.75, 3.05) is 26.3 Å². The molecule has 1 fully saturated rings. The molecule has 19 heavy (non-hydrogen) atoms. The highest BCUT2D eigenvalue weighted by atomic mass is 16.5. The smallest absolute Gasteiger partial charge is 0.220 e. The molecule has 112 valence electrons. The predicted octanol–water partition coefficient (Wildman–Crippen LogP) is 1.93. The molecule has 2 unspecified atom stereocenters. The summed E-state index contributed by atoms with van der Waals surface area (Å²) in [6, 6.07) is 0. The summed E-state index contributed by atoms with van der Waals surface area (Å²) in [7, 11) is 0. The molecule has 4 heteroatoms. The second-order valence-corrected chi connectivity index (χ2v) is 5.99. The van der Waals surface area contributed by atoms with Crippen LogP contribution in [0.4, 0.5) is 0 Å². The zero-order chi connectivity index (χ0) is 14.1. The van der Waals surface area contributed by atoms with Crippen molar-refractivity contribution >= 4 is 5.91 Å². The van der Waals surface area contributed by atoms with Gasteiger partial charge in [-0.1, -0.05) is 13.8 Å². The Morgan fingerprint density at radius 1 is 1.42 bits per heavy atom. The molecule has 0 aromatic rings. The van der Waals surface area contributed by atoms with Crippen molar-refractivity contribution in [3.63, 3.8) is 0 Å². The topological polar surface area (TPSA) is 64.4 Å². The van der Waals surface area contributed by atoms with Crippen LogP contribution in [0.15, 0.2) is 0 Å². The zero-order valence-electron chi connectivity index (χ0n) is 12.5. The number of nitrogens with one attached hydrogen (secondary N) is 1. The molecular weight excluding hydrogens is 240 g/mol. The van der Waals surface area contributed by atoms with Gasteiger partial charge >= 0.3 is 0 Å². The fourth-order valence-electron chi connectivity index (χ4n) is 2.66. The normalized spacial score (nSPS) is 20.7. The van der Waals surface area contributed by atoms with Gasteiger partial charge in [0.15, 0.2) is 0 Å². The Hall–Kier alpha value is -0.610. The molecule has 1 rings (SSSR count). The first-order valence-corrected chi connectivity index (χ1v) is 7.68. The van der Waals surface area contributed by atoms with E-state index in [0.717, 1.165) is 45.4 Å². The van der Waals surface area contributed by atoms with Crippen LogP contribution in [-0.2, 0) is 9.53 Å². The lowest BCUT2D eigenvalue weighted by Gasteiger charge is -2.19. The Balaban J connectivity index is 2.08. The van der Waals surface area contributed by atoms with E-state index >= 15 is 0 Å². The fourth-order valence-corrected chi connectivity index (χ4v) is 2.66. The number of hydrogen-bond acceptors (Lipinski definition) is 3. The van der Waals surface area contributed by atoms with Crippen molar-refractivity contribution in [3.8, 4) is 0 Å². The summed E-state index contributed by atoms with van der Waals surface area (Å²) in [5, 5.41) is 3.02. The van der Waals surface area contributed by atoms with E-state index in [1.54, 1.807) is 0 Å². The Morgan fingerprint density at radius 2 is 2.21 bits per heavy atom. The van der Waals surface area contributed by atoms with Gasteiger partial charge in [-0.05, 0) is 50.0 Å². The molecule has 0 aromatic heterocycles. The molecule has 1 heterocycles. The largest absolute Gasteiger partial charge is 0.381 e. The number of hydrogen-bond donors (Lipinski definition) is 2. The van der Waals surface area contributed by atoms with Gasteiger partial charge in [-0.15, -0.1) is 0 Å². The van der Waals surface area contributed by atoms with E-state index in [9.17, 15) is 4.79 Å². The molecule has 2 atom stereocenters. The van der Waals surface area contributed by atoms with Crippen molar-refractivity contribution in [2.24, 2.45) is 23.5 Å². The van der Waals surface area contributed by atoms with Gasteiger partial charge < -0.3 is 15.8 Å². The first-order valence-electron chi connectivity index (χ1n) is 7.68. The zero-order valence-corrected chi connectivity index (χ0v) is 12.5. The monoisotopic (exact) mass is 270 g/mol. The molecule has 0 saturated carbocycles. The van der Waals surface area contributed by atoms with Gasteiger partial charge in [-0.25, -0.2) is 0 Å². The molecular formula is C15H30N2O2. The number of amides is 1. The van der Waals surface area contributed by atoms with E-state index in [0.29, 0.717) is 30.7 Å². The third-order valence-electron chi connectivity index (χ3n) is 4.12. The second-order valence-electron chi connectivity index (χ2n) is 5.99. The third kappa shape index (κ3) is 6.92. The molecule has 1 amide bonds. The summed E-state index contributed by atoms with van der Waals surface area (Å²) in [6.45, 7) is 7.66. The summed E-state index contributed by atoms with van der Waals surface area (Å²) in [4.78, 5) is 11.8. The van der Waals surface area contributed by atoms with Crippen LogP contribution in [0.1, 0.15) is 46.0 Å². The van der Waals surface area contributed by atoms with Gasteiger partial charge in [0.1, 0.15) is 0 Å². The van der Waals surface area contributed by atoms with Crippen LogP contribution in [0.2, 0.25) is 0 Å². The van der Waals surface area contributed by atoms with Crippen molar-refractivity contribution in [1.82, 2.24) is 5.32 Å². The Kier molecular flexibility index (Phi) is 8.07. The maximum absolute atomic E-state index is 11.8. The highest BCUT2D eigenvalue weighted by Gasteiger charge is 2.16. The van der Waals surface area contributed by atoms with E-state index in [-0.39, 0.29) is 5.91 Å². The van der Waals surface area contributed by atoms with Gasteiger partial charge in [0.25, 0.3) is 0 Å². The lowest BCUT2D eigenvalue weighted by Crippen LogP contribution is -2.27. The molecule has 0 spiro atoms. The van der Waals surface area contributed by atoms with E-state index in [2.05, 4.69) is 19.2 Å². The lowest BCUT2D eigenvalue weighted by molar-refractivity contribution is -0.121. The van der Waals surface area contributed by atoms with Crippen LogP contribution in [0, 0.1) is 17.8 Å². The van der Waals surface area contributed by atoms with E-state index in [4.69, 9.17) is 10.5 Å². The minimum Gasteiger partial charge on any atom is -0.381 e. The van der Waals surface area contributed by atoms with Crippen molar-refractivity contribution in [2.45, 2.75) is 46.0 Å². The molecule has 0 bridgehead atoms. The Labute approximate surface area is 117 Å². The van der Waals surface area contributed by atoms with Crippen LogP contribution in [0.3, 0.4) is 0 Å². The molecule has 4 nitrogen and oxygen atoms in total. The summed E-state index contributed by atoms with van der Waals surface area (Å²) in [5.41, 5.74) is 5.61. The summed E-state index contributed by atoms with van der Waals surface area (Å²) in [6.07, 6.45) is 4.78. The molecule has 0 aromatic carbocycles. The average molecular weight is 270 g/mol. The molecule has 0 radical (unpaired) electrons. The van der Waals surface area contributed by atoms with Gasteiger partial charge in [-0.3, -0.25) is 4.79 Å². The first kappa shape index (κ1) is 16.4. The maximum Gasteiger partial charge on any atom is 0.220 e. The van der Waals surface area contributed by atoms with E-state index in [1.165, 1.54) is 0 Å². The highest BCUT2D eigenvalue weighted by molar-refractivity contribution is 5.75. The van der Waals surface area contributed by atoms with Gasteiger partial charge in [0.05, 0.1) is 0 Å². The molecule has 3 N–H and O–H groups in total. The minimum absolute atomic E-state index is 0.182. The predicted molar refractivity (Wildman–Crippen MR) is 77.8 cm³/mol. The lowest BCUT2D eigenvalue weighted by atomic mass is 9.88. The minimum atomic E-state index is 0.182. The standard InChI is InChI=1S/C15H30N2O2/c1-12(2)14(5-8-16)3-4-15(18)17-9-6-13-7-10-19-11-13/h12-14H,3-11,16H2,1-2H3,(H,17,18). The quantitative estimate of drug-likeness (QED) is 0.673. The highest BCUT2D eigenvalue weighted by Crippen LogP contribution is 2.20. The number of rotatable bonds is 9. The second kappa shape index (κ2) is 9.32. The van der Waals surface area contributed by atoms with Gasteiger partial charge in [0.2, 0.25) is 5.91 Å². The Bertz CT molecular complexity index is 251. The third-order valence-corrected chi connectivity index (χ3v) is 4.12. The summed E-state index contributed by atoms with van der Waals surface area (Å²) >= 11 is 0. The van der Waals surface area contributed by atoms with Crippen LogP contribution in [-0.4, -0.2) is 32.2 Å². The maximum atomic E-state index is 11.8. The van der Waals surface area contributed by atoms with E-state index < -0.39 is 0 Å². The van der Waals surface area contributed by atoms with Crippen molar-refractivity contribution < 1.29 is 9.53 Å². The number of carbonyl (C=O) groups is 1.